The van der Waals surface area contributed by atoms with E-state index in [1.165, 1.54) is 22.9 Å². The first-order chi connectivity index (χ1) is 13.3. The molecule has 0 bridgehead atoms. The number of carbonyl (C=O) groups is 2. The number of fused-ring (bicyclic) bond motifs is 1. The second-order valence-corrected chi connectivity index (χ2v) is 7.83. The van der Waals surface area contributed by atoms with Crippen molar-refractivity contribution < 1.29 is 18.7 Å². The molecule has 2 aliphatic rings. The van der Waals surface area contributed by atoms with Gasteiger partial charge in [0.2, 0.25) is 0 Å². The number of nitrogens with one attached hydrogen (secondary N) is 1. The van der Waals surface area contributed by atoms with Crippen LogP contribution in [-0.2, 0) is 16.6 Å². The number of nitrogens with two attached hydrogens (primary N) is 1. The van der Waals surface area contributed by atoms with Crippen molar-refractivity contribution in [3.63, 3.8) is 0 Å². The van der Waals surface area contributed by atoms with E-state index < -0.39 is 11.7 Å². The third-order valence-electron chi connectivity index (χ3n) is 5.64. The Balaban J connectivity index is 1.60. The van der Waals surface area contributed by atoms with E-state index in [-0.39, 0.29) is 34.6 Å². The van der Waals surface area contributed by atoms with E-state index in [0.717, 1.165) is 12.8 Å². The lowest BCUT2D eigenvalue weighted by molar-refractivity contribution is -0.151. The number of anilines is 2. The molecule has 3 unspecified atom stereocenters. The first-order valence-electron chi connectivity index (χ1n) is 9.08. The summed E-state index contributed by atoms with van der Waals surface area (Å²) in [6.07, 6.45) is 1.95. The van der Waals surface area contributed by atoms with Gasteiger partial charge in [0.25, 0.3) is 5.91 Å². The highest BCUT2D eigenvalue weighted by molar-refractivity contribution is 6.31. The Hall–Kier alpha value is -2.61. The van der Waals surface area contributed by atoms with E-state index in [1.54, 1.807) is 7.05 Å². The summed E-state index contributed by atoms with van der Waals surface area (Å²) in [6, 6.07) is 3.96. The molecule has 3 atom stereocenters. The molecule has 1 aromatic heterocycles. The first kappa shape index (κ1) is 18.7. The Morgan fingerprint density at radius 2 is 2.14 bits per heavy atom. The molecule has 1 saturated carbocycles. The van der Waals surface area contributed by atoms with Crippen molar-refractivity contribution in [3.05, 3.63) is 40.3 Å². The van der Waals surface area contributed by atoms with Gasteiger partial charge in [-0.15, -0.1) is 0 Å². The first-order valence-corrected chi connectivity index (χ1v) is 9.45. The van der Waals surface area contributed by atoms with Gasteiger partial charge in [0, 0.05) is 25.1 Å². The van der Waals surface area contributed by atoms with Gasteiger partial charge in [0.05, 0.1) is 17.3 Å². The molecule has 4 rings (SSSR count). The van der Waals surface area contributed by atoms with Crippen molar-refractivity contribution >= 4 is 35.0 Å². The number of cyclic esters (lactones) is 1. The summed E-state index contributed by atoms with van der Waals surface area (Å²) in [6.45, 7) is 0.415. The van der Waals surface area contributed by atoms with Crippen LogP contribution >= 0.6 is 11.6 Å². The number of halogens is 2. The molecule has 1 aliphatic carbocycles. The number of amides is 1. The maximum absolute atomic E-state index is 13.4. The van der Waals surface area contributed by atoms with E-state index in [1.807, 2.05) is 0 Å². The number of ether oxygens (including phenoxy) is 1. The van der Waals surface area contributed by atoms with E-state index >= 15 is 0 Å². The number of benzene rings is 1. The Labute approximate surface area is 166 Å². The topological polar surface area (TPSA) is 99.2 Å². The van der Waals surface area contributed by atoms with Crippen molar-refractivity contribution in [1.29, 1.82) is 0 Å². The molecule has 7 nitrogen and oxygen atoms in total. The van der Waals surface area contributed by atoms with Crippen molar-refractivity contribution in [2.24, 2.45) is 18.9 Å². The quantitative estimate of drug-likeness (QED) is 0.763. The molecule has 1 amide bonds. The van der Waals surface area contributed by atoms with Gasteiger partial charge in [-0.3, -0.25) is 14.3 Å². The summed E-state index contributed by atoms with van der Waals surface area (Å²) in [5.74, 6) is -0.377. The summed E-state index contributed by atoms with van der Waals surface area (Å²) in [4.78, 5) is 24.5. The average molecular weight is 407 g/mol. The molecule has 28 heavy (non-hydrogen) atoms. The fourth-order valence-corrected chi connectivity index (χ4v) is 4.39. The van der Waals surface area contributed by atoms with E-state index in [4.69, 9.17) is 22.1 Å². The summed E-state index contributed by atoms with van der Waals surface area (Å²) in [5.41, 5.74) is 7.41. The Kier molecular flexibility index (Phi) is 4.74. The molecule has 2 heterocycles. The lowest BCUT2D eigenvalue weighted by atomic mass is 9.92. The predicted molar refractivity (Wildman–Crippen MR) is 102 cm³/mol. The number of nitrogen functional groups attached to an aromatic ring is 1. The van der Waals surface area contributed by atoms with Gasteiger partial charge in [-0.1, -0.05) is 11.6 Å². The fourth-order valence-electron chi connectivity index (χ4n) is 4.21. The van der Waals surface area contributed by atoms with Gasteiger partial charge in [0.1, 0.15) is 17.2 Å². The zero-order valence-electron chi connectivity index (χ0n) is 15.2. The minimum Gasteiger partial charge on any atom is -0.465 e. The van der Waals surface area contributed by atoms with Crippen LogP contribution in [-0.4, -0.2) is 28.3 Å². The largest absolute Gasteiger partial charge is 0.465 e. The molecular weight excluding hydrogens is 387 g/mol. The standard InChI is InChI=1S/C19H20ClFN4O3/c1-25-18(22)16(19(27)23-12-2-3-14(21)13(20)7-12)17(24-25)10-4-9-6-15(26)28-8-11(9)5-10/h2-3,7,9-11H,4-6,8,22H2,1H3,(H,23,27). The maximum atomic E-state index is 13.4. The third-order valence-corrected chi connectivity index (χ3v) is 5.93. The molecular formula is C19H20ClFN4O3. The molecule has 1 saturated heterocycles. The van der Waals surface area contributed by atoms with Crippen LogP contribution in [0.1, 0.15) is 41.2 Å². The highest BCUT2D eigenvalue weighted by Gasteiger charge is 2.42. The smallest absolute Gasteiger partial charge is 0.306 e. The third kappa shape index (κ3) is 3.32. The number of nitrogens with zero attached hydrogens (tertiary/aromatic N) is 2. The second kappa shape index (κ2) is 7.09. The molecule has 1 aliphatic heterocycles. The minimum absolute atomic E-state index is 0.0190. The number of aryl methyl sites for hydroxylation is 1. The van der Waals surface area contributed by atoms with Crippen LogP contribution in [0.5, 0.6) is 0 Å². The van der Waals surface area contributed by atoms with Gasteiger partial charge < -0.3 is 15.8 Å². The summed E-state index contributed by atoms with van der Waals surface area (Å²) < 4.78 is 20.0. The molecule has 148 valence electrons. The van der Waals surface area contributed by atoms with Gasteiger partial charge in [-0.25, -0.2) is 4.39 Å². The molecule has 0 radical (unpaired) electrons. The van der Waals surface area contributed by atoms with Crippen molar-refractivity contribution in [2.75, 3.05) is 17.7 Å². The number of hydrogen-bond donors (Lipinski definition) is 2. The van der Waals surface area contributed by atoms with Crippen molar-refractivity contribution in [2.45, 2.75) is 25.2 Å². The molecule has 3 N–H and O–H groups in total. The van der Waals surface area contributed by atoms with Crippen molar-refractivity contribution in [3.8, 4) is 0 Å². The Morgan fingerprint density at radius 3 is 2.89 bits per heavy atom. The predicted octanol–water partition coefficient (Wildman–Crippen LogP) is 3.10. The molecule has 1 aromatic carbocycles. The number of carbonyl (C=O) groups excluding carboxylic acids is 2. The van der Waals surface area contributed by atoms with E-state index in [0.29, 0.717) is 30.0 Å². The number of hydrogen-bond acceptors (Lipinski definition) is 5. The molecule has 0 spiro atoms. The van der Waals surface area contributed by atoms with Crippen molar-refractivity contribution in [1.82, 2.24) is 9.78 Å². The monoisotopic (exact) mass is 406 g/mol. The van der Waals surface area contributed by atoms with Gasteiger partial charge in [0.15, 0.2) is 0 Å². The van der Waals surface area contributed by atoms with Crippen LogP contribution in [0.2, 0.25) is 5.02 Å². The fraction of sp³-hybridized carbons (Fsp3) is 0.421. The molecule has 9 heteroatoms. The number of rotatable bonds is 3. The Morgan fingerprint density at radius 1 is 1.39 bits per heavy atom. The summed E-state index contributed by atoms with van der Waals surface area (Å²) in [7, 11) is 1.68. The summed E-state index contributed by atoms with van der Waals surface area (Å²) >= 11 is 5.79. The van der Waals surface area contributed by atoms with Crippen LogP contribution in [0.4, 0.5) is 15.9 Å². The van der Waals surface area contributed by atoms with Crippen LogP contribution in [0, 0.1) is 17.7 Å². The van der Waals surface area contributed by atoms with Crippen LogP contribution < -0.4 is 11.1 Å². The zero-order chi connectivity index (χ0) is 20.0. The van der Waals surface area contributed by atoms with Gasteiger partial charge in [-0.05, 0) is 42.9 Å². The SMILES string of the molecule is Cn1nc(C2CC3COC(=O)CC3C2)c(C(=O)Nc2ccc(F)c(Cl)c2)c1N. The summed E-state index contributed by atoms with van der Waals surface area (Å²) in [5, 5.41) is 7.11. The highest BCUT2D eigenvalue weighted by atomic mass is 35.5. The van der Waals surface area contributed by atoms with Gasteiger partial charge >= 0.3 is 5.97 Å². The van der Waals surface area contributed by atoms with Crippen LogP contribution in [0.25, 0.3) is 0 Å². The lowest BCUT2D eigenvalue weighted by Crippen LogP contribution is -2.26. The van der Waals surface area contributed by atoms with E-state index in [2.05, 4.69) is 10.4 Å². The van der Waals surface area contributed by atoms with Crippen LogP contribution in [0.3, 0.4) is 0 Å². The van der Waals surface area contributed by atoms with Crippen LogP contribution in [0.15, 0.2) is 18.2 Å². The van der Waals surface area contributed by atoms with Gasteiger partial charge in [-0.2, -0.15) is 5.10 Å². The lowest BCUT2D eigenvalue weighted by Gasteiger charge is -2.23. The van der Waals surface area contributed by atoms with E-state index in [9.17, 15) is 14.0 Å². The maximum Gasteiger partial charge on any atom is 0.306 e. The number of aromatic nitrogens is 2. The number of esters is 1. The second-order valence-electron chi connectivity index (χ2n) is 7.43. The highest BCUT2D eigenvalue weighted by Crippen LogP contribution is 2.47. The molecule has 2 aromatic rings. The minimum atomic E-state index is -0.563. The zero-order valence-corrected chi connectivity index (χ0v) is 16.0. The normalized spacial score (nSPS) is 24.0. The molecule has 2 fully saturated rings. The average Bonchev–Trinajstić information content (AvgIpc) is 3.19. The Bertz CT molecular complexity index is 961.